The molecule has 21 heavy (non-hydrogen) atoms. The Hall–Kier alpha value is -2.12. The third-order valence-electron chi connectivity index (χ3n) is 3.06. The first-order valence-electron chi connectivity index (χ1n) is 6.58. The van der Waals surface area contributed by atoms with E-state index in [2.05, 4.69) is 20.4 Å². The maximum atomic E-state index is 5.71. The molecule has 2 heterocycles. The number of hydrazine groups is 1. The average molecular weight is 301 g/mol. The molecule has 0 spiro atoms. The van der Waals surface area contributed by atoms with Gasteiger partial charge in [0.05, 0.1) is 0 Å². The number of benzene rings is 1. The maximum Gasteiger partial charge on any atom is 0.263 e. The Bertz CT molecular complexity index is 753. The minimum absolute atomic E-state index is 0.558. The first kappa shape index (κ1) is 13.8. The molecule has 0 radical (unpaired) electrons. The van der Waals surface area contributed by atoms with Crippen molar-refractivity contribution in [1.82, 2.24) is 15.0 Å². The molecular weight excluding hydrogens is 286 g/mol. The molecule has 0 saturated heterocycles. The molecule has 0 unspecified atom stereocenters. The molecule has 0 amide bonds. The molecule has 0 saturated carbocycles. The van der Waals surface area contributed by atoms with Gasteiger partial charge >= 0.3 is 0 Å². The van der Waals surface area contributed by atoms with Gasteiger partial charge in [-0.3, -0.25) is 0 Å². The van der Waals surface area contributed by atoms with Gasteiger partial charge in [-0.25, -0.2) is 20.8 Å². The summed E-state index contributed by atoms with van der Waals surface area (Å²) in [6.07, 6.45) is 0.732. The lowest BCUT2D eigenvalue weighted by Crippen LogP contribution is -2.13. The van der Waals surface area contributed by atoms with Crippen LogP contribution in [-0.2, 0) is 6.42 Å². The summed E-state index contributed by atoms with van der Waals surface area (Å²) < 4.78 is 5.71. The highest BCUT2D eigenvalue weighted by Gasteiger charge is 2.14. The molecule has 3 N–H and O–H groups in total. The summed E-state index contributed by atoms with van der Waals surface area (Å²) in [6.45, 7) is 3.92. The highest BCUT2D eigenvalue weighted by atomic mass is 32.2. The van der Waals surface area contributed by atoms with Crippen LogP contribution in [0.15, 0.2) is 38.9 Å². The van der Waals surface area contributed by atoms with Crippen molar-refractivity contribution in [1.29, 1.82) is 0 Å². The van der Waals surface area contributed by atoms with Gasteiger partial charge < -0.3 is 9.84 Å². The second-order valence-corrected chi connectivity index (χ2v) is 5.41. The lowest BCUT2D eigenvalue weighted by molar-refractivity contribution is 0.489. The van der Waals surface area contributed by atoms with Crippen molar-refractivity contribution in [2.24, 2.45) is 5.84 Å². The largest absolute Gasteiger partial charge is 0.431 e. The van der Waals surface area contributed by atoms with Crippen LogP contribution in [0.25, 0.3) is 11.1 Å². The van der Waals surface area contributed by atoms with E-state index < -0.39 is 0 Å². The summed E-state index contributed by atoms with van der Waals surface area (Å²) in [7, 11) is 0. The Morgan fingerprint density at radius 1 is 1.24 bits per heavy atom. The van der Waals surface area contributed by atoms with E-state index in [4.69, 9.17) is 10.3 Å². The Labute approximate surface area is 126 Å². The van der Waals surface area contributed by atoms with Gasteiger partial charge in [0.1, 0.15) is 22.2 Å². The fraction of sp³-hybridized carbons (Fsp3) is 0.214. The van der Waals surface area contributed by atoms with Gasteiger partial charge in [-0.05, 0) is 30.8 Å². The third kappa shape index (κ3) is 2.70. The van der Waals surface area contributed by atoms with Gasteiger partial charge in [0, 0.05) is 12.0 Å². The van der Waals surface area contributed by atoms with Crippen molar-refractivity contribution in [3.05, 3.63) is 35.7 Å². The summed E-state index contributed by atoms with van der Waals surface area (Å²) >= 11 is 1.37. The van der Waals surface area contributed by atoms with E-state index in [9.17, 15) is 0 Å². The summed E-state index contributed by atoms with van der Waals surface area (Å²) in [5, 5.41) is 1.35. The van der Waals surface area contributed by atoms with Gasteiger partial charge in [-0.2, -0.15) is 0 Å². The highest BCUT2D eigenvalue weighted by molar-refractivity contribution is 7.99. The third-order valence-corrected chi connectivity index (χ3v) is 4.00. The van der Waals surface area contributed by atoms with Crippen molar-refractivity contribution in [2.75, 3.05) is 5.43 Å². The minimum atomic E-state index is 0.558. The second-order valence-electron chi connectivity index (χ2n) is 4.47. The van der Waals surface area contributed by atoms with E-state index in [-0.39, 0.29) is 0 Å². The van der Waals surface area contributed by atoms with Gasteiger partial charge in [-0.15, -0.1) is 0 Å². The minimum Gasteiger partial charge on any atom is -0.431 e. The van der Waals surface area contributed by atoms with Gasteiger partial charge in [0.15, 0.2) is 5.58 Å². The summed E-state index contributed by atoms with van der Waals surface area (Å²) in [5.74, 6) is 6.86. The zero-order valence-corrected chi connectivity index (χ0v) is 12.6. The molecule has 2 aromatic heterocycles. The number of aryl methyl sites for hydroxylation is 1. The van der Waals surface area contributed by atoms with Crippen LogP contribution in [0.1, 0.15) is 18.3 Å². The maximum absolute atomic E-state index is 5.71. The quantitative estimate of drug-likeness (QED) is 0.435. The molecule has 0 atom stereocenters. The number of nitrogens with zero attached hydrogens (tertiary/aromatic N) is 3. The van der Waals surface area contributed by atoms with Crippen molar-refractivity contribution in [3.63, 3.8) is 0 Å². The van der Waals surface area contributed by atoms with Crippen LogP contribution in [0.5, 0.6) is 0 Å². The fourth-order valence-electron chi connectivity index (χ4n) is 1.92. The van der Waals surface area contributed by atoms with Crippen LogP contribution in [0, 0.1) is 6.92 Å². The van der Waals surface area contributed by atoms with Crippen molar-refractivity contribution >= 4 is 28.7 Å². The van der Waals surface area contributed by atoms with Crippen LogP contribution in [0.3, 0.4) is 0 Å². The number of rotatable bonds is 4. The Kier molecular flexibility index (Phi) is 3.76. The molecule has 1 aromatic carbocycles. The Morgan fingerprint density at radius 3 is 2.76 bits per heavy atom. The van der Waals surface area contributed by atoms with E-state index in [0.29, 0.717) is 11.0 Å². The van der Waals surface area contributed by atoms with Crippen LogP contribution >= 0.6 is 11.8 Å². The van der Waals surface area contributed by atoms with E-state index in [1.807, 2.05) is 38.1 Å². The van der Waals surface area contributed by atoms with Crippen molar-refractivity contribution in [3.8, 4) is 0 Å². The molecule has 0 bridgehead atoms. The zero-order valence-electron chi connectivity index (χ0n) is 11.8. The number of aromatic nitrogens is 3. The number of hydrogen-bond donors (Lipinski definition) is 2. The number of oxazole rings is 1. The number of fused-ring (bicyclic) bond motifs is 1. The smallest absolute Gasteiger partial charge is 0.263 e. The zero-order chi connectivity index (χ0) is 14.8. The molecule has 0 aliphatic carbocycles. The first-order chi connectivity index (χ1) is 10.2. The second kappa shape index (κ2) is 5.71. The van der Waals surface area contributed by atoms with Crippen molar-refractivity contribution < 1.29 is 4.42 Å². The predicted octanol–water partition coefficient (Wildman–Crippen LogP) is 2.93. The van der Waals surface area contributed by atoms with Crippen LogP contribution in [0.4, 0.5) is 5.82 Å². The van der Waals surface area contributed by atoms with Crippen LogP contribution in [-0.4, -0.2) is 15.0 Å². The molecule has 6 nitrogen and oxygen atoms in total. The van der Waals surface area contributed by atoms with Crippen LogP contribution < -0.4 is 11.3 Å². The molecular formula is C14H15N5OS. The normalized spacial score (nSPS) is 11.0. The van der Waals surface area contributed by atoms with E-state index >= 15 is 0 Å². The molecule has 108 valence electrons. The molecule has 3 aromatic rings. The van der Waals surface area contributed by atoms with Crippen molar-refractivity contribution in [2.45, 2.75) is 30.5 Å². The Morgan fingerprint density at radius 2 is 2.05 bits per heavy atom. The fourth-order valence-corrected chi connectivity index (χ4v) is 2.76. The average Bonchev–Trinajstić information content (AvgIpc) is 2.91. The van der Waals surface area contributed by atoms with E-state index in [0.717, 1.165) is 33.9 Å². The van der Waals surface area contributed by atoms with E-state index in [1.54, 1.807) is 0 Å². The summed E-state index contributed by atoms with van der Waals surface area (Å²) in [6, 6.07) is 7.66. The lowest BCUT2D eigenvalue weighted by atomic mass is 10.3. The standard InChI is InChI=1S/C14H15N5OS/c1-3-11-17-12(19-15)8(2)13(18-11)21-14-16-9-6-4-5-7-10(9)20-14/h4-7H,3,15H2,1-2H3,(H,17,18,19). The molecule has 3 rings (SSSR count). The predicted molar refractivity (Wildman–Crippen MR) is 82.1 cm³/mol. The van der Waals surface area contributed by atoms with E-state index in [1.165, 1.54) is 11.8 Å². The summed E-state index contributed by atoms with van der Waals surface area (Å²) in [4.78, 5) is 13.3. The van der Waals surface area contributed by atoms with Crippen LogP contribution in [0.2, 0.25) is 0 Å². The van der Waals surface area contributed by atoms with Gasteiger partial charge in [0.2, 0.25) is 0 Å². The first-order valence-corrected chi connectivity index (χ1v) is 7.40. The molecule has 0 fully saturated rings. The lowest BCUT2D eigenvalue weighted by Gasteiger charge is -2.09. The summed E-state index contributed by atoms with van der Waals surface area (Å²) in [5.41, 5.74) is 5.08. The highest BCUT2D eigenvalue weighted by Crippen LogP contribution is 2.32. The Balaban J connectivity index is 2.00. The van der Waals surface area contributed by atoms with Gasteiger partial charge in [-0.1, -0.05) is 19.1 Å². The molecule has 0 aliphatic rings. The topological polar surface area (TPSA) is 89.9 Å². The number of anilines is 1. The number of para-hydroxylation sites is 2. The number of hydrogen-bond acceptors (Lipinski definition) is 7. The molecule has 7 heteroatoms. The number of nitrogen functional groups attached to an aromatic ring is 1. The number of nitrogens with two attached hydrogens (primary N) is 1. The molecule has 0 aliphatic heterocycles. The number of nitrogens with one attached hydrogen (secondary N) is 1. The monoisotopic (exact) mass is 301 g/mol. The van der Waals surface area contributed by atoms with Gasteiger partial charge in [0.25, 0.3) is 5.22 Å². The SMILES string of the molecule is CCc1nc(NN)c(C)c(Sc2nc3ccccc3o2)n1.